The van der Waals surface area contributed by atoms with Gasteiger partial charge in [0.1, 0.15) is 0 Å². The maximum Gasteiger partial charge on any atom is 0.196 e. The molecular formula is C18H14BrNO. The van der Waals surface area contributed by atoms with E-state index in [4.69, 9.17) is 0 Å². The third-order valence-electron chi connectivity index (χ3n) is 3.46. The van der Waals surface area contributed by atoms with Gasteiger partial charge < -0.3 is 4.57 Å². The molecule has 0 aliphatic heterocycles. The lowest BCUT2D eigenvalue weighted by atomic mass is 9.98. The van der Waals surface area contributed by atoms with E-state index in [9.17, 15) is 4.79 Å². The van der Waals surface area contributed by atoms with Gasteiger partial charge in [0.2, 0.25) is 0 Å². The summed E-state index contributed by atoms with van der Waals surface area (Å²) >= 11 is 3.54. The van der Waals surface area contributed by atoms with Crippen LogP contribution >= 0.6 is 15.9 Å². The molecule has 104 valence electrons. The number of nitrogens with zero attached hydrogens (tertiary/aromatic N) is 1. The first kappa shape index (κ1) is 13.8. The first-order chi connectivity index (χ1) is 10.2. The lowest BCUT2D eigenvalue weighted by molar-refractivity contribution is 0.103. The summed E-state index contributed by atoms with van der Waals surface area (Å²) < 4.78 is 2.73. The molecule has 0 saturated heterocycles. The monoisotopic (exact) mass is 339 g/mol. The Labute approximate surface area is 132 Å². The molecule has 0 N–H and O–H groups in total. The lowest BCUT2D eigenvalue weighted by Gasteiger charge is -2.05. The smallest absolute Gasteiger partial charge is 0.196 e. The van der Waals surface area contributed by atoms with E-state index in [1.165, 1.54) is 0 Å². The fourth-order valence-corrected chi connectivity index (χ4v) is 2.88. The van der Waals surface area contributed by atoms with E-state index >= 15 is 0 Å². The quantitative estimate of drug-likeness (QED) is 0.634. The number of halogens is 1. The zero-order valence-electron chi connectivity index (χ0n) is 11.6. The van der Waals surface area contributed by atoms with Crippen molar-refractivity contribution in [2.45, 2.75) is 0 Å². The molecule has 0 unspecified atom stereocenters. The number of hydrogen-bond acceptors (Lipinski definition) is 1. The highest BCUT2D eigenvalue weighted by Gasteiger charge is 2.21. The van der Waals surface area contributed by atoms with Crippen LogP contribution in [-0.2, 0) is 7.05 Å². The van der Waals surface area contributed by atoms with E-state index < -0.39 is 0 Å². The number of ketones is 1. The van der Waals surface area contributed by atoms with E-state index in [1.807, 2.05) is 78.5 Å². The van der Waals surface area contributed by atoms with Crippen LogP contribution < -0.4 is 0 Å². The Balaban J connectivity index is 2.17. The molecule has 0 aliphatic carbocycles. The first-order valence-corrected chi connectivity index (χ1v) is 7.48. The second-order valence-corrected chi connectivity index (χ2v) is 5.63. The largest absolute Gasteiger partial charge is 0.344 e. The molecule has 3 heteroatoms. The van der Waals surface area contributed by atoms with Crippen molar-refractivity contribution in [3.05, 3.63) is 82.6 Å². The average molecular weight is 340 g/mol. The van der Waals surface area contributed by atoms with Crippen molar-refractivity contribution < 1.29 is 4.79 Å². The second kappa shape index (κ2) is 5.70. The molecule has 0 amide bonds. The summed E-state index contributed by atoms with van der Waals surface area (Å²) in [4.78, 5) is 12.8. The highest BCUT2D eigenvalue weighted by atomic mass is 79.9. The molecule has 0 aliphatic rings. The minimum absolute atomic E-state index is 0.0296. The first-order valence-electron chi connectivity index (χ1n) is 6.68. The van der Waals surface area contributed by atoms with Gasteiger partial charge in [-0.2, -0.15) is 0 Å². The van der Waals surface area contributed by atoms with Crippen LogP contribution in [0.2, 0.25) is 0 Å². The van der Waals surface area contributed by atoms with Gasteiger partial charge in [-0.25, -0.2) is 0 Å². The number of carbonyl (C=O) groups excluding carboxylic acids is 1. The van der Waals surface area contributed by atoms with Gasteiger partial charge in [0.25, 0.3) is 0 Å². The van der Waals surface area contributed by atoms with Crippen LogP contribution in [0.4, 0.5) is 0 Å². The fourth-order valence-electron chi connectivity index (χ4n) is 2.39. The molecule has 0 bridgehead atoms. The van der Waals surface area contributed by atoms with Crippen LogP contribution in [0.15, 0.2) is 71.5 Å². The van der Waals surface area contributed by atoms with E-state index in [0.29, 0.717) is 11.1 Å². The van der Waals surface area contributed by atoms with Gasteiger partial charge in [-0.05, 0) is 21.5 Å². The molecule has 2 nitrogen and oxygen atoms in total. The summed E-state index contributed by atoms with van der Waals surface area (Å²) in [6.45, 7) is 0. The summed E-state index contributed by atoms with van der Waals surface area (Å²) in [5, 5.41) is 0. The molecule has 1 heterocycles. The number of aryl methyl sites for hydroxylation is 1. The maximum atomic E-state index is 12.8. The Kier molecular flexibility index (Phi) is 3.76. The number of hydrogen-bond donors (Lipinski definition) is 0. The van der Waals surface area contributed by atoms with Gasteiger partial charge in [0, 0.05) is 24.4 Å². The van der Waals surface area contributed by atoms with Crippen LogP contribution in [0.1, 0.15) is 15.9 Å². The van der Waals surface area contributed by atoms with Crippen molar-refractivity contribution in [1.29, 1.82) is 0 Å². The highest BCUT2D eigenvalue weighted by Crippen LogP contribution is 2.32. The molecule has 3 aromatic rings. The summed E-state index contributed by atoms with van der Waals surface area (Å²) in [5.41, 5.74) is 3.38. The SMILES string of the molecule is Cn1cc(-c2ccccc2)c(C(=O)c2ccccc2)c1Br. The third-order valence-corrected chi connectivity index (χ3v) is 4.41. The Morgan fingerprint density at radius 3 is 2.14 bits per heavy atom. The van der Waals surface area contributed by atoms with Gasteiger partial charge >= 0.3 is 0 Å². The molecular weight excluding hydrogens is 326 g/mol. The number of aromatic nitrogens is 1. The van der Waals surface area contributed by atoms with Crippen LogP contribution in [0.5, 0.6) is 0 Å². The molecule has 21 heavy (non-hydrogen) atoms. The summed E-state index contributed by atoms with van der Waals surface area (Å²) in [6, 6.07) is 19.3. The van der Waals surface area contributed by atoms with Crippen LogP contribution in [0.25, 0.3) is 11.1 Å². The lowest BCUT2D eigenvalue weighted by Crippen LogP contribution is -2.03. The minimum Gasteiger partial charge on any atom is -0.344 e. The molecule has 0 fully saturated rings. The van der Waals surface area contributed by atoms with Gasteiger partial charge in [-0.15, -0.1) is 0 Å². The van der Waals surface area contributed by atoms with E-state index in [-0.39, 0.29) is 5.78 Å². The van der Waals surface area contributed by atoms with Crippen molar-refractivity contribution in [1.82, 2.24) is 4.57 Å². The van der Waals surface area contributed by atoms with Crippen LogP contribution in [0, 0.1) is 0 Å². The summed E-state index contributed by atoms with van der Waals surface area (Å²) in [5.74, 6) is 0.0296. The molecule has 3 rings (SSSR count). The van der Waals surface area contributed by atoms with Gasteiger partial charge in [-0.3, -0.25) is 4.79 Å². The summed E-state index contributed by atoms with van der Waals surface area (Å²) in [6.07, 6.45) is 1.98. The van der Waals surface area contributed by atoms with Crippen molar-refractivity contribution in [2.24, 2.45) is 7.05 Å². The third kappa shape index (κ3) is 2.57. The predicted molar refractivity (Wildman–Crippen MR) is 88.4 cm³/mol. The van der Waals surface area contributed by atoms with Crippen molar-refractivity contribution in [3.8, 4) is 11.1 Å². The van der Waals surface area contributed by atoms with Gasteiger partial charge in [0.15, 0.2) is 5.78 Å². The second-order valence-electron chi connectivity index (χ2n) is 4.88. The van der Waals surface area contributed by atoms with Gasteiger partial charge in [0.05, 0.1) is 10.2 Å². The topological polar surface area (TPSA) is 22.0 Å². The number of carbonyl (C=O) groups is 1. The Bertz CT molecular complexity index is 776. The van der Waals surface area contributed by atoms with E-state index in [0.717, 1.165) is 15.7 Å². The van der Waals surface area contributed by atoms with E-state index in [2.05, 4.69) is 15.9 Å². The standard InChI is InChI=1S/C18H14BrNO/c1-20-12-15(13-8-4-2-5-9-13)16(18(20)19)17(21)14-10-6-3-7-11-14/h2-12H,1H3. The van der Waals surface area contributed by atoms with E-state index in [1.54, 1.807) is 0 Å². The van der Waals surface area contributed by atoms with Crippen LogP contribution in [0.3, 0.4) is 0 Å². The Hall–Kier alpha value is -2.13. The average Bonchev–Trinajstić information content (AvgIpc) is 2.84. The molecule has 0 atom stereocenters. The maximum absolute atomic E-state index is 12.8. The van der Waals surface area contributed by atoms with Crippen molar-refractivity contribution in [3.63, 3.8) is 0 Å². The Morgan fingerprint density at radius 1 is 0.952 bits per heavy atom. The summed E-state index contributed by atoms with van der Waals surface area (Å²) in [7, 11) is 1.93. The predicted octanol–water partition coefficient (Wildman–Crippen LogP) is 4.69. The minimum atomic E-state index is 0.0296. The highest BCUT2D eigenvalue weighted by molar-refractivity contribution is 9.10. The zero-order valence-corrected chi connectivity index (χ0v) is 13.2. The molecule has 0 saturated carbocycles. The molecule has 0 radical (unpaired) electrons. The fraction of sp³-hybridized carbons (Fsp3) is 0.0556. The number of benzene rings is 2. The number of rotatable bonds is 3. The molecule has 1 aromatic heterocycles. The Morgan fingerprint density at radius 2 is 1.52 bits per heavy atom. The molecule has 2 aromatic carbocycles. The van der Waals surface area contributed by atoms with Crippen molar-refractivity contribution >= 4 is 21.7 Å². The normalized spacial score (nSPS) is 10.6. The van der Waals surface area contributed by atoms with Crippen molar-refractivity contribution in [2.75, 3.05) is 0 Å². The van der Waals surface area contributed by atoms with Crippen LogP contribution in [-0.4, -0.2) is 10.4 Å². The van der Waals surface area contributed by atoms with Gasteiger partial charge in [-0.1, -0.05) is 60.7 Å². The molecule has 0 spiro atoms. The zero-order chi connectivity index (χ0) is 14.8.